The van der Waals surface area contributed by atoms with Crippen LogP contribution >= 0.6 is 11.6 Å². The van der Waals surface area contributed by atoms with Crippen molar-refractivity contribution in [2.45, 2.75) is 12.5 Å². The van der Waals surface area contributed by atoms with E-state index in [-0.39, 0.29) is 6.10 Å². The predicted molar refractivity (Wildman–Crippen MR) is 84.0 cm³/mol. The van der Waals surface area contributed by atoms with Gasteiger partial charge in [-0.3, -0.25) is 4.98 Å². The van der Waals surface area contributed by atoms with Crippen molar-refractivity contribution in [3.63, 3.8) is 0 Å². The average Bonchev–Trinajstić information content (AvgIpc) is 2.89. The van der Waals surface area contributed by atoms with Crippen molar-refractivity contribution in [3.8, 4) is 17.0 Å². The van der Waals surface area contributed by atoms with Crippen molar-refractivity contribution in [1.29, 1.82) is 0 Å². The number of halogens is 1. The van der Waals surface area contributed by atoms with Crippen LogP contribution in [0.25, 0.3) is 11.3 Å². The Labute approximate surface area is 128 Å². The van der Waals surface area contributed by atoms with Crippen molar-refractivity contribution in [3.05, 3.63) is 35.1 Å². The summed E-state index contributed by atoms with van der Waals surface area (Å²) in [6.07, 6.45) is 4.22. The SMILES string of the molecule is CN(C)c1cncc(-c2cc(Cl)cc3c2O[C@@H](CN)C3)n1. The average molecular weight is 305 g/mol. The van der Waals surface area contributed by atoms with Crippen LogP contribution in [0.5, 0.6) is 5.75 Å². The number of hydrogen-bond donors (Lipinski definition) is 1. The molecule has 0 radical (unpaired) electrons. The van der Waals surface area contributed by atoms with Crippen LogP contribution in [-0.2, 0) is 6.42 Å². The van der Waals surface area contributed by atoms with Gasteiger partial charge in [0, 0.05) is 43.2 Å². The molecule has 1 aliphatic heterocycles. The van der Waals surface area contributed by atoms with Crippen molar-refractivity contribution >= 4 is 17.4 Å². The van der Waals surface area contributed by atoms with Gasteiger partial charge in [-0.15, -0.1) is 0 Å². The number of benzene rings is 1. The molecule has 2 N–H and O–H groups in total. The first kappa shape index (κ1) is 14.1. The van der Waals surface area contributed by atoms with E-state index in [4.69, 9.17) is 22.1 Å². The van der Waals surface area contributed by atoms with E-state index in [2.05, 4.69) is 9.97 Å². The molecule has 1 aromatic heterocycles. The second-order valence-corrected chi connectivity index (χ2v) is 5.71. The highest BCUT2D eigenvalue weighted by Gasteiger charge is 2.26. The van der Waals surface area contributed by atoms with Gasteiger partial charge in [0.2, 0.25) is 0 Å². The highest BCUT2D eigenvalue weighted by Crippen LogP contribution is 2.40. The zero-order chi connectivity index (χ0) is 15.0. The molecule has 2 aromatic rings. The lowest BCUT2D eigenvalue weighted by atomic mass is 10.0. The van der Waals surface area contributed by atoms with Crippen LogP contribution < -0.4 is 15.4 Å². The summed E-state index contributed by atoms with van der Waals surface area (Å²) in [4.78, 5) is 10.8. The molecule has 0 saturated carbocycles. The van der Waals surface area contributed by atoms with Gasteiger partial charge in [-0.25, -0.2) is 4.98 Å². The first-order valence-electron chi connectivity index (χ1n) is 6.77. The Balaban J connectivity index is 2.10. The van der Waals surface area contributed by atoms with Crippen LogP contribution in [0.15, 0.2) is 24.5 Å². The van der Waals surface area contributed by atoms with E-state index < -0.39 is 0 Å². The summed E-state index contributed by atoms with van der Waals surface area (Å²) in [5.41, 5.74) is 8.40. The Kier molecular flexibility index (Phi) is 3.69. The van der Waals surface area contributed by atoms with Crippen molar-refractivity contribution < 1.29 is 4.74 Å². The first-order chi connectivity index (χ1) is 10.1. The van der Waals surface area contributed by atoms with Gasteiger partial charge in [0.1, 0.15) is 17.7 Å². The fourth-order valence-electron chi connectivity index (χ4n) is 2.42. The zero-order valence-corrected chi connectivity index (χ0v) is 12.8. The number of anilines is 1. The summed E-state index contributed by atoms with van der Waals surface area (Å²) >= 11 is 6.23. The molecular weight excluding hydrogens is 288 g/mol. The third-order valence-corrected chi connectivity index (χ3v) is 3.70. The smallest absolute Gasteiger partial charge is 0.147 e. The van der Waals surface area contributed by atoms with E-state index in [9.17, 15) is 0 Å². The maximum atomic E-state index is 6.23. The third-order valence-electron chi connectivity index (χ3n) is 3.48. The van der Waals surface area contributed by atoms with E-state index in [1.807, 2.05) is 31.1 Å². The van der Waals surface area contributed by atoms with Crippen molar-refractivity contribution in [2.24, 2.45) is 5.73 Å². The molecule has 2 heterocycles. The maximum absolute atomic E-state index is 6.23. The van der Waals surface area contributed by atoms with Crippen LogP contribution in [-0.4, -0.2) is 36.7 Å². The second kappa shape index (κ2) is 5.50. The van der Waals surface area contributed by atoms with E-state index in [1.54, 1.807) is 12.4 Å². The summed E-state index contributed by atoms with van der Waals surface area (Å²) in [6, 6.07) is 3.79. The lowest BCUT2D eigenvalue weighted by molar-refractivity contribution is 0.242. The number of rotatable bonds is 3. The molecule has 1 aromatic carbocycles. The molecule has 21 heavy (non-hydrogen) atoms. The van der Waals surface area contributed by atoms with E-state index in [1.165, 1.54) is 0 Å². The van der Waals surface area contributed by atoms with E-state index in [0.717, 1.165) is 34.8 Å². The minimum absolute atomic E-state index is 0.00204. The van der Waals surface area contributed by atoms with Gasteiger partial charge in [-0.2, -0.15) is 0 Å². The molecule has 1 aliphatic rings. The highest BCUT2D eigenvalue weighted by molar-refractivity contribution is 6.31. The lowest BCUT2D eigenvalue weighted by Crippen LogP contribution is -2.24. The summed E-state index contributed by atoms with van der Waals surface area (Å²) in [7, 11) is 3.86. The number of fused-ring (bicyclic) bond motifs is 1. The lowest BCUT2D eigenvalue weighted by Gasteiger charge is -2.14. The van der Waals surface area contributed by atoms with Gasteiger partial charge >= 0.3 is 0 Å². The quantitative estimate of drug-likeness (QED) is 0.941. The molecule has 6 heteroatoms. The van der Waals surface area contributed by atoms with Crippen molar-refractivity contribution in [2.75, 3.05) is 25.5 Å². The minimum Gasteiger partial charge on any atom is -0.488 e. The largest absolute Gasteiger partial charge is 0.488 e. The van der Waals surface area contributed by atoms with Crippen LogP contribution in [0, 0.1) is 0 Å². The summed E-state index contributed by atoms with van der Waals surface area (Å²) in [5.74, 6) is 1.61. The minimum atomic E-state index is 0.00204. The Morgan fingerprint density at radius 3 is 2.90 bits per heavy atom. The Morgan fingerprint density at radius 1 is 1.38 bits per heavy atom. The number of aromatic nitrogens is 2. The molecule has 5 nitrogen and oxygen atoms in total. The molecule has 0 spiro atoms. The van der Waals surface area contributed by atoms with Gasteiger partial charge in [-0.1, -0.05) is 11.6 Å². The highest BCUT2D eigenvalue weighted by atomic mass is 35.5. The van der Waals surface area contributed by atoms with Crippen LogP contribution in [0.1, 0.15) is 5.56 Å². The topological polar surface area (TPSA) is 64.3 Å². The van der Waals surface area contributed by atoms with Gasteiger partial charge in [0.15, 0.2) is 0 Å². The van der Waals surface area contributed by atoms with Gasteiger partial charge in [-0.05, 0) is 12.1 Å². The maximum Gasteiger partial charge on any atom is 0.147 e. The molecular formula is C15H17ClN4O. The van der Waals surface area contributed by atoms with Gasteiger partial charge < -0.3 is 15.4 Å². The molecule has 1 atom stereocenters. The molecule has 0 unspecified atom stereocenters. The fraction of sp³-hybridized carbons (Fsp3) is 0.333. The Morgan fingerprint density at radius 2 is 2.19 bits per heavy atom. The molecule has 110 valence electrons. The Hall–Kier alpha value is -1.85. The number of ether oxygens (including phenoxy) is 1. The molecule has 0 amide bonds. The second-order valence-electron chi connectivity index (χ2n) is 5.28. The summed E-state index contributed by atoms with van der Waals surface area (Å²) in [6.45, 7) is 0.481. The molecule has 0 fully saturated rings. The van der Waals surface area contributed by atoms with Gasteiger partial charge in [0.25, 0.3) is 0 Å². The standard InChI is InChI=1S/C15H17ClN4O/c1-20(2)14-8-18-7-13(19-14)12-5-10(16)3-9-4-11(6-17)21-15(9)12/h3,5,7-8,11H,4,6,17H2,1-2H3/t11-/m1/s1. The summed E-state index contributed by atoms with van der Waals surface area (Å²) < 4.78 is 5.93. The normalized spacial score (nSPS) is 16.5. The zero-order valence-electron chi connectivity index (χ0n) is 12.0. The number of hydrogen-bond acceptors (Lipinski definition) is 5. The third kappa shape index (κ3) is 2.66. The monoisotopic (exact) mass is 304 g/mol. The molecule has 0 saturated heterocycles. The summed E-state index contributed by atoms with van der Waals surface area (Å²) in [5, 5.41) is 0.669. The number of nitrogens with two attached hydrogens (primary N) is 1. The van der Waals surface area contributed by atoms with Crippen molar-refractivity contribution in [1.82, 2.24) is 9.97 Å². The van der Waals surface area contributed by atoms with Crippen LogP contribution in [0.4, 0.5) is 5.82 Å². The first-order valence-corrected chi connectivity index (χ1v) is 7.15. The Bertz CT molecular complexity index is 675. The van der Waals surface area contributed by atoms with Crippen LogP contribution in [0.3, 0.4) is 0 Å². The molecule has 0 bridgehead atoms. The molecule has 3 rings (SSSR count). The fourth-order valence-corrected chi connectivity index (χ4v) is 2.66. The molecule has 0 aliphatic carbocycles. The van der Waals surface area contributed by atoms with Crippen LogP contribution in [0.2, 0.25) is 5.02 Å². The predicted octanol–water partition coefficient (Wildman–Crippen LogP) is 2.13. The van der Waals surface area contributed by atoms with E-state index >= 15 is 0 Å². The van der Waals surface area contributed by atoms with Gasteiger partial charge in [0.05, 0.1) is 18.1 Å². The number of nitrogens with zero attached hydrogens (tertiary/aromatic N) is 3. The van der Waals surface area contributed by atoms with E-state index in [0.29, 0.717) is 11.6 Å².